The lowest BCUT2D eigenvalue weighted by Crippen LogP contribution is -2.55. The number of pyridine rings is 1. The Bertz CT molecular complexity index is 996. The molecule has 3 heterocycles. The summed E-state index contributed by atoms with van der Waals surface area (Å²) >= 11 is 0. The van der Waals surface area contributed by atoms with Crippen LogP contribution >= 0.6 is 0 Å². The Balaban J connectivity index is 1.70. The summed E-state index contributed by atoms with van der Waals surface area (Å²) in [6.07, 6.45) is -5.19. The van der Waals surface area contributed by atoms with E-state index in [1.54, 1.807) is 12.1 Å². The van der Waals surface area contributed by atoms with Crippen LogP contribution in [0, 0.1) is 0 Å². The average Bonchev–Trinajstić information content (AvgIpc) is 3.26. The van der Waals surface area contributed by atoms with Crippen LogP contribution in [0.15, 0.2) is 42.7 Å². The standard InChI is InChI=1S/C22H23F6N5O/c23-21(24,25)15-9-16(22(26,27)28)11-18(10-15)33(29)20(34)19(14-3-1-5-30-12-14)32-8-7-31-6-2-4-17(31)13-32/h1,3,5,9-12,17,19H,2,4,6-8,13,29H2/t17-,19?/m1/s1. The van der Waals surface area contributed by atoms with Gasteiger partial charge >= 0.3 is 12.4 Å². The smallest absolute Gasteiger partial charge is 0.298 e. The number of nitrogens with two attached hydrogens (primary N) is 1. The molecule has 1 unspecified atom stereocenters. The molecule has 2 aliphatic heterocycles. The Morgan fingerprint density at radius 3 is 2.32 bits per heavy atom. The van der Waals surface area contributed by atoms with Gasteiger partial charge in [0.15, 0.2) is 0 Å². The van der Waals surface area contributed by atoms with Gasteiger partial charge in [-0.15, -0.1) is 0 Å². The van der Waals surface area contributed by atoms with Gasteiger partial charge < -0.3 is 0 Å². The van der Waals surface area contributed by atoms with Gasteiger partial charge in [-0.25, -0.2) is 10.9 Å². The monoisotopic (exact) mass is 487 g/mol. The van der Waals surface area contributed by atoms with Gasteiger partial charge in [-0.1, -0.05) is 6.07 Å². The number of benzene rings is 1. The maximum Gasteiger partial charge on any atom is 0.416 e. The second kappa shape index (κ2) is 9.16. The van der Waals surface area contributed by atoms with Crippen LogP contribution in [0.4, 0.5) is 32.0 Å². The lowest BCUT2D eigenvalue weighted by molar-refractivity contribution is -0.143. The normalized spacial score (nSPS) is 20.7. The number of anilines is 1. The zero-order valence-electron chi connectivity index (χ0n) is 18.0. The molecular weight excluding hydrogens is 464 g/mol. The predicted octanol–water partition coefficient (Wildman–Crippen LogP) is 3.85. The van der Waals surface area contributed by atoms with Gasteiger partial charge in [-0.05, 0) is 49.2 Å². The number of halogens is 6. The molecule has 2 aliphatic rings. The number of alkyl halides is 6. The van der Waals surface area contributed by atoms with E-state index in [-0.39, 0.29) is 12.1 Å². The molecule has 34 heavy (non-hydrogen) atoms. The van der Waals surface area contributed by atoms with Gasteiger partial charge in [-0.3, -0.25) is 19.6 Å². The molecule has 0 bridgehead atoms. The number of piperazine rings is 1. The summed E-state index contributed by atoms with van der Waals surface area (Å²) in [5, 5.41) is 0.378. The molecule has 2 saturated heterocycles. The largest absolute Gasteiger partial charge is 0.416 e. The topological polar surface area (TPSA) is 65.7 Å². The molecule has 6 nitrogen and oxygen atoms in total. The number of hydrazine groups is 1. The molecule has 4 rings (SSSR count). The van der Waals surface area contributed by atoms with Crippen LogP contribution in [0.1, 0.15) is 35.6 Å². The van der Waals surface area contributed by atoms with Crippen LogP contribution in [0.25, 0.3) is 0 Å². The number of nitrogens with zero attached hydrogens (tertiary/aromatic N) is 4. The van der Waals surface area contributed by atoms with Crippen molar-refractivity contribution in [3.05, 3.63) is 59.4 Å². The first-order valence-electron chi connectivity index (χ1n) is 10.7. The molecule has 1 aromatic heterocycles. The van der Waals surface area contributed by atoms with Crippen LogP contribution < -0.4 is 10.9 Å². The summed E-state index contributed by atoms with van der Waals surface area (Å²) in [6.45, 7) is 2.67. The fourth-order valence-electron chi connectivity index (χ4n) is 4.63. The lowest BCUT2D eigenvalue weighted by Gasteiger charge is -2.41. The summed E-state index contributed by atoms with van der Waals surface area (Å²) < 4.78 is 79.8. The van der Waals surface area contributed by atoms with Crippen molar-refractivity contribution < 1.29 is 31.1 Å². The Labute approximate surface area is 191 Å². The van der Waals surface area contributed by atoms with Gasteiger partial charge in [0.25, 0.3) is 5.91 Å². The number of carbonyl (C=O) groups is 1. The molecule has 0 spiro atoms. The van der Waals surface area contributed by atoms with E-state index in [1.807, 2.05) is 4.90 Å². The van der Waals surface area contributed by atoms with E-state index in [9.17, 15) is 31.1 Å². The quantitative estimate of drug-likeness (QED) is 0.307. The molecule has 0 radical (unpaired) electrons. The zero-order valence-corrected chi connectivity index (χ0v) is 18.0. The van der Waals surface area contributed by atoms with Crippen molar-refractivity contribution in [2.75, 3.05) is 31.2 Å². The van der Waals surface area contributed by atoms with Crippen LogP contribution in [-0.2, 0) is 17.1 Å². The third-order valence-electron chi connectivity index (χ3n) is 6.31. The van der Waals surface area contributed by atoms with Crippen LogP contribution in [0.5, 0.6) is 0 Å². The number of rotatable bonds is 4. The number of hydrogen-bond donors (Lipinski definition) is 1. The molecule has 0 aliphatic carbocycles. The lowest BCUT2D eigenvalue weighted by atomic mass is 10.0. The Hall–Kier alpha value is -2.70. The SMILES string of the molecule is NN(C(=O)C(c1cccnc1)N1CCN2CCC[C@@H]2C1)c1cc(C(F)(F)F)cc(C(F)(F)F)c1. The maximum absolute atomic E-state index is 13.5. The summed E-state index contributed by atoms with van der Waals surface area (Å²) in [4.78, 5) is 21.7. The Morgan fingerprint density at radius 2 is 1.74 bits per heavy atom. The van der Waals surface area contributed by atoms with Gasteiger partial charge in [-0.2, -0.15) is 26.3 Å². The van der Waals surface area contributed by atoms with E-state index in [2.05, 4.69) is 9.88 Å². The molecule has 2 fully saturated rings. The van der Waals surface area contributed by atoms with Crippen molar-refractivity contribution in [1.29, 1.82) is 0 Å². The number of aromatic nitrogens is 1. The molecule has 184 valence electrons. The van der Waals surface area contributed by atoms with E-state index in [1.165, 1.54) is 12.4 Å². The third-order valence-corrected chi connectivity index (χ3v) is 6.31. The highest BCUT2D eigenvalue weighted by molar-refractivity contribution is 5.97. The predicted molar refractivity (Wildman–Crippen MR) is 111 cm³/mol. The Morgan fingerprint density at radius 1 is 1.06 bits per heavy atom. The first-order valence-corrected chi connectivity index (χ1v) is 10.7. The molecular formula is C22H23F6N5O. The molecule has 2 atom stereocenters. The Kier molecular flexibility index (Phi) is 6.58. The molecule has 2 N–H and O–H groups in total. The molecule has 0 saturated carbocycles. The van der Waals surface area contributed by atoms with Crippen molar-refractivity contribution in [1.82, 2.24) is 14.8 Å². The number of carbonyl (C=O) groups excluding carboxylic acids is 1. The first-order chi connectivity index (χ1) is 15.9. The van der Waals surface area contributed by atoms with Crippen LogP contribution in [0.2, 0.25) is 0 Å². The van der Waals surface area contributed by atoms with E-state index in [0.717, 1.165) is 19.4 Å². The van der Waals surface area contributed by atoms with Crippen molar-refractivity contribution >= 4 is 11.6 Å². The van der Waals surface area contributed by atoms with E-state index in [0.29, 0.717) is 42.3 Å². The molecule has 1 amide bonds. The fraction of sp³-hybridized carbons (Fsp3) is 0.455. The second-order valence-electron chi connectivity index (χ2n) is 8.49. The van der Waals surface area contributed by atoms with Crippen LogP contribution in [0.3, 0.4) is 0 Å². The summed E-state index contributed by atoms with van der Waals surface area (Å²) in [5.41, 5.74) is -3.32. The number of fused-ring (bicyclic) bond motifs is 1. The fourth-order valence-corrected chi connectivity index (χ4v) is 4.63. The van der Waals surface area contributed by atoms with Gasteiger partial charge in [0.2, 0.25) is 0 Å². The average molecular weight is 487 g/mol. The highest BCUT2D eigenvalue weighted by Gasteiger charge is 2.40. The third kappa shape index (κ3) is 5.03. The molecule has 1 aromatic carbocycles. The van der Waals surface area contributed by atoms with Crippen molar-refractivity contribution in [2.24, 2.45) is 5.84 Å². The second-order valence-corrected chi connectivity index (χ2v) is 8.49. The summed E-state index contributed by atoms with van der Waals surface area (Å²) in [6, 6.07) is 3.35. The zero-order chi connectivity index (χ0) is 24.7. The minimum Gasteiger partial charge on any atom is -0.298 e. The highest BCUT2D eigenvalue weighted by atomic mass is 19.4. The minimum absolute atomic E-state index is 0.000268. The first kappa shape index (κ1) is 24.4. The van der Waals surface area contributed by atoms with Crippen LogP contribution in [-0.4, -0.2) is 52.9 Å². The molecule has 12 heteroatoms. The van der Waals surface area contributed by atoms with E-state index in [4.69, 9.17) is 5.84 Å². The van der Waals surface area contributed by atoms with Gasteiger partial charge in [0.05, 0.1) is 16.8 Å². The minimum atomic E-state index is -5.05. The number of amides is 1. The summed E-state index contributed by atoms with van der Waals surface area (Å²) in [7, 11) is 0. The van der Waals surface area contributed by atoms with E-state index < -0.39 is 41.1 Å². The van der Waals surface area contributed by atoms with Crippen molar-refractivity contribution in [3.8, 4) is 0 Å². The number of hydrogen-bond acceptors (Lipinski definition) is 5. The maximum atomic E-state index is 13.5. The van der Waals surface area contributed by atoms with Gasteiger partial charge in [0, 0.05) is 38.1 Å². The van der Waals surface area contributed by atoms with Gasteiger partial charge in [0.1, 0.15) is 6.04 Å². The highest BCUT2D eigenvalue weighted by Crippen LogP contribution is 2.39. The summed E-state index contributed by atoms with van der Waals surface area (Å²) in [5.74, 6) is 5.07. The molecule has 2 aromatic rings. The van der Waals surface area contributed by atoms with E-state index >= 15 is 0 Å². The van der Waals surface area contributed by atoms with Crippen molar-refractivity contribution in [3.63, 3.8) is 0 Å². The van der Waals surface area contributed by atoms with Crippen molar-refractivity contribution in [2.45, 2.75) is 37.3 Å².